The third-order valence-corrected chi connectivity index (χ3v) is 12.8. The molecule has 12 rings (SSSR count). The zero-order chi connectivity index (χ0) is 41.7. The van der Waals surface area contributed by atoms with Gasteiger partial charge in [-0.05, 0) is 97.3 Å². The Hall–Kier alpha value is -8.14. The summed E-state index contributed by atoms with van der Waals surface area (Å²) >= 11 is 0. The number of benzene rings is 10. The van der Waals surface area contributed by atoms with Crippen LogP contribution in [0.15, 0.2) is 249 Å². The monoisotopic (exact) mass is 800 g/mol. The normalized spacial score (nSPS) is 12.3. The second-order valence-corrected chi connectivity index (χ2v) is 16.4. The maximum absolute atomic E-state index is 2.59. The molecule has 0 spiro atoms. The highest BCUT2D eigenvalue weighted by atomic mass is 15.2. The van der Waals surface area contributed by atoms with E-state index in [1.165, 1.54) is 94.8 Å². The van der Waals surface area contributed by atoms with Gasteiger partial charge in [-0.25, -0.2) is 0 Å². The second-order valence-electron chi connectivity index (χ2n) is 16.4. The smallest absolute Gasteiger partial charge is 0.252 e. The molecular formula is C60H41BN2. The molecule has 2 nitrogen and oxygen atoms in total. The SMILES string of the molecule is c1ccc(-c2ccc(N3c4ccc(-c5ccccc5)cc4B4c5cccc(-c6ccccc6)c5N(c5ccccc5-c5ccccc5)c5cc(-c6ccccc6)cc3c54)cc2)cc1. The predicted molar refractivity (Wildman–Crippen MR) is 268 cm³/mol. The highest BCUT2D eigenvalue weighted by Crippen LogP contribution is 2.50. The van der Waals surface area contributed by atoms with Gasteiger partial charge in [0.25, 0.3) is 6.71 Å². The third-order valence-electron chi connectivity index (χ3n) is 12.8. The van der Waals surface area contributed by atoms with Gasteiger partial charge in [-0.3, -0.25) is 0 Å². The molecule has 0 fully saturated rings. The van der Waals surface area contributed by atoms with E-state index in [0.29, 0.717) is 0 Å². The molecule has 0 atom stereocenters. The molecule has 0 aromatic heterocycles. The molecule has 2 aliphatic heterocycles. The van der Waals surface area contributed by atoms with E-state index in [1.807, 2.05) is 0 Å². The molecule has 0 saturated carbocycles. The van der Waals surface area contributed by atoms with E-state index in [0.717, 1.165) is 11.4 Å². The minimum atomic E-state index is -0.0582. The largest absolute Gasteiger partial charge is 0.311 e. The van der Waals surface area contributed by atoms with Crippen LogP contribution in [-0.2, 0) is 0 Å². The fraction of sp³-hybridized carbons (Fsp3) is 0. The fourth-order valence-corrected chi connectivity index (χ4v) is 10.0. The van der Waals surface area contributed by atoms with Gasteiger partial charge in [-0.15, -0.1) is 0 Å². The summed E-state index contributed by atoms with van der Waals surface area (Å²) < 4.78 is 0. The highest BCUT2D eigenvalue weighted by molar-refractivity contribution is 7.00. The topological polar surface area (TPSA) is 6.48 Å². The molecule has 0 amide bonds. The van der Waals surface area contributed by atoms with Gasteiger partial charge in [0.05, 0.1) is 5.69 Å². The fourth-order valence-electron chi connectivity index (χ4n) is 10.0. The Morgan fingerprint density at radius 3 is 1.33 bits per heavy atom. The maximum atomic E-state index is 2.59. The number of anilines is 6. The zero-order valence-electron chi connectivity index (χ0n) is 34.6. The minimum absolute atomic E-state index is 0.0582. The standard InChI is InChI=1S/C60H41BN2/c1-6-19-42(20-7-1)45-33-36-50(37-34-45)62-56-38-35-48(43-21-8-2-9-22-43)39-54(56)61-53-31-18-30-52(47-27-14-5-15-28-47)60(53)63(55-32-17-16-29-51(55)46-25-12-4-13-26-46)58-41-49(40-57(62)59(58)61)44-23-10-3-11-24-44/h1-41H. The third kappa shape index (κ3) is 6.28. The van der Waals surface area contributed by atoms with E-state index >= 15 is 0 Å². The van der Waals surface area contributed by atoms with E-state index in [9.17, 15) is 0 Å². The van der Waals surface area contributed by atoms with Crippen LogP contribution in [0, 0.1) is 0 Å². The Balaban J connectivity index is 1.20. The molecule has 0 radical (unpaired) electrons. The van der Waals surface area contributed by atoms with Gasteiger partial charge in [0.15, 0.2) is 0 Å². The first kappa shape index (κ1) is 36.7. The molecular weight excluding hydrogens is 759 g/mol. The summed E-state index contributed by atoms with van der Waals surface area (Å²) in [6.07, 6.45) is 0. The van der Waals surface area contributed by atoms with Gasteiger partial charge in [-0.1, -0.05) is 212 Å². The number of para-hydroxylation sites is 2. The number of hydrogen-bond acceptors (Lipinski definition) is 2. The van der Waals surface area contributed by atoms with Crippen molar-refractivity contribution in [1.29, 1.82) is 0 Å². The molecule has 10 aromatic rings. The Labute approximate surface area is 369 Å². The predicted octanol–water partition coefficient (Wildman–Crippen LogP) is 14.1. The van der Waals surface area contributed by atoms with Crippen molar-refractivity contribution in [2.75, 3.05) is 9.80 Å². The zero-order valence-corrected chi connectivity index (χ0v) is 34.6. The van der Waals surface area contributed by atoms with Crippen LogP contribution >= 0.6 is 0 Å². The van der Waals surface area contributed by atoms with Crippen molar-refractivity contribution in [1.82, 2.24) is 0 Å². The lowest BCUT2D eigenvalue weighted by Crippen LogP contribution is -2.61. The van der Waals surface area contributed by atoms with Crippen LogP contribution < -0.4 is 26.2 Å². The number of hydrogen-bond donors (Lipinski definition) is 0. The second kappa shape index (κ2) is 15.4. The van der Waals surface area contributed by atoms with Gasteiger partial charge in [0.1, 0.15) is 0 Å². The van der Waals surface area contributed by atoms with E-state index in [1.54, 1.807) is 0 Å². The van der Waals surface area contributed by atoms with E-state index in [2.05, 4.69) is 259 Å². The Bertz CT molecular complexity index is 3260. The molecule has 63 heavy (non-hydrogen) atoms. The van der Waals surface area contributed by atoms with Crippen LogP contribution in [0.1, 0.15) is 0 Å². The van der Waals surface area contributed by atoms with Gasteiger partial charge in [-0.2, -0.15) is 0 Å². The first-order valence-corrected chi connectivity index (χ1v) is 21.8. The lowest BCUT2D eigenvalue weighted by atomic mass is 9.33. The van der Waals surface area contributed by atoms with Crippen LogP contribution in [0.3, 0.4) is 0 Å². The number of fused-ring (bicyclic) bond motifs is 4. The average Bonchev–Trinajstić information content (AvgIpc) is 3.37. The molecule has 10 aromatic carbocycles. The van der Waals surface area contributed by atoms with Crippen molar-refractivity contribution in [2.45, 2.75) is 0 Å². The van der Waals surface area contributed by atoms with Crippen molar-refractivity contribution < 1.29 is 0 Å². The van der Waals surface area contributed by atoms with Crippen LogP contribution in [0.2, 0.25) is 0 Å². The van der Waals surface area contributed by atoms with E-state index in [4.69, 9.17) is 0 Å². The van der Waals surface area contributed by atoms with Crippen molar-refractivity contribution in [3.8, 4) is 55.6 Å². The molecule has 0 aliphatic carbocycles. The molecule has 0 bridgehead atoms. The van der Waals surface area contributed by atoms with Crippen molar-refractivity contribution >= 4 is 57.2 Å². The summed E-state index contributed by atoms with van der Waals surface area (Å²) in [5.74, 6) is 0. The number of rotatable bonds is 7. The quantitative estimate of drug-likeness (QED) is 0.148. The van der Waals surface area contributed by atoms with Crippen LogP contribution in [0.5, 0.6) is 0 Å². The van der Waals surface area contributed by atoms with Crippen LogP contribution in [-0.4, -0.2) is 6.71 Å². The Kier molecular flexibility index (Phi) is 8.97. The number of nitrogens with zero attached hydrogens (tertiary/aromatic N) is 2. The first-order valence-electron chi connectivity index (χ1n) is 21.8. The Morgan fingerprint density at radius 2 is 0.714 bits per heavy atom. The molecule has 0 unspecified atom stereocenters. The van der Waals surface area contributed by atoms with Crippen molar-refractivity contribution in [2.24, 2.45) is 0 Å². The van der Waals surface area contributed by atoms with Crippen molar-refractivity contribution in [3.05, 3.63) is 249 Å². The van der Waals surface area contributed by atoms with Crippen LogP contribution in [0.4, 0.5) is 34.1 Å². The van der Waals surface area contributed by atoms with Crippen LogP contribution in [0.25, 0.3) is 55.6 Å². The summed E-state index contributed by atoms with van der Waals surface area (Å²) in [4.78, 5) is 5.11. The minimum Gasteiger partial charge on any atom is -0.311 e. The maximum Gasteiger partial charge on any atom is 0.252 e. The van der Waals surface area contributed by atoms with Crippen molar-refractivity contribution in [3.63, 3.8) is 0 Å². The first-order chi connectivity index (χ1) is 31.3. The molecule has 3 heteroatoms. The molecule has 294 valence electrons. The summed E-state index contributed by atoms with van der Waals surface area (Å²) in [5, 5.41) is 0. The van der Waals surface area contributed by atoms with E-state index < -0.39 is 0 Å². The van der Waals surface area contributed by atoms with E-state index in [-0.39, 0.29) is 6.71 Å². The van der Waals surface area contributed by atoms with Gasteiger partial charge in [0.2, 0.25) is 0 Å². The molecule has 2 aliphatic rings. The molecule has 0 N–H and O–H groups in total. The van der Waals surface area contributed by atoms with Gasteiger partial charge >= 0.3 is 0 Å². The molecule has 2 heterocycles. The summed E-state index contributed by atoms with van der Waals surface area (Å²) in [7, 11) is 0. The lowest BCUT2D eigenvalue weighted by molar-refractivity contribution is 1.25. The van der Waals surface area contributed by atoms with Gasteiger partial charge < -0.3 is 9.80 Å². The Morgan fingerprint density at radius 1 is 0.254 bits per heavy atom. The average molecular weight is 801 g/mol. The summed E-state index contributed by atoms with van der Waals surface area (Å²) in [6, 6.07) is 91.2. The van der Waals surface area contributed by atoms with Gasteiger partial charge in [0, 0.05) is 39.6 Å². The summed E-state index contributed by atoms with van der Waals surface area (Å²) in [5.41, 5.74) is 22.8. The highest BCUT2D eigenvalue weighted by Gasteiger charge is 2.45. The molecule has 0 saturated heterocycles. The summed E-state index contributed by atoms with van der Waals surface area (Å²) in [6.45, 7) is -0.0582. The lowest BCUT2D eigenvalue weighted by Gasteiger charge is -2.45.